The zero-order chi connectivity index (χ0) is 16.8. The molecule has 0 bridgehead atoms. The summed E-state index contributed by atoms with van der Waals surface area (Å²) in [5, 5.41) is 2.95. The third-order valence-corrected chi connectivity index (χ3v) is 4.00. The van der Waals surface area contributed by atoms with Crippen molar-refractivity contribution in [3.05, 3.63) is 78.4 Å². The number of imidazole rings is 1. The van der Waals surface area contributed by atoms with Gasteiger partial charge < -0.3 is 9.88 Å². The average molecular weight is 319 g/mol. The van der Waals surface area contributed by atoms with Gasteiger partial charge in [-0.05, 0) is 22.3 Å². The van der Waals surface area contributed by atoms with Crippen LogP contribution in [0.1, 0.15) is 24.5 Å². The number of aromatic nitrogens is 2. The molecule has 2 aromatic carbocycles. The van der Waals surface area contributed by atoms with Crippen LogP contribution in [0.4, 0.5) is 0 Å². The van der Waals surface area contributed by atoms with E-state index in [1.54, 1.807) is 6.20 Å². The van der Waals surface area contributed by atoms with Crippen molar-refractivity contribution in [1.82, 2.24) is 14.9 Å². The number of amides is 1. The SMILES string of the molecule is CCC(=O)NCc1ccccc1-c1ccc(Cn2ccnc2)cc1. The van der Waals surface area contributed by atoms with Gasteiger partial charge in [0.25, 0.3) is 0 Å². The van der Waals surface area contributed by atoms with E-state index in [1.165, 1.54) is 5.56 Å². The molecule has 0 atom stereocenters. The van der Waals surface area contributed by atoms with E-state index in [0.29, 0.717) is 13.0 Å². The minimum atomic E-state index is 0.0699. The van der Waals surface area contributed by atoms with Crippen LogP contribution in [0.25, 0.3) is 11.1 Å². The summed E-state index contributed by atoms with van der Waals surface area (Å²) in [5.74, 6) is 0.0699. The Morgan fingerprint density at radius 1 is 1.12 bits per heavy atom. The lowest BCUT2D eigenvalue weighted by Gasteiger charge is -2.11. The molecule has 3 rings (SSSR count). The van der Waals surface area contributed by atoms with Crippen molar-refractivity contribution in [2.24, 2.45) is 0 Å². The standard InChI is InChI=1S/C20H21N3O/c1-2-20(24)22-13-18-5-3-4-6-19(18)17-9-7-16(8-10-17)14-23-12-11-21-15-23/h3-12,15H,2,13-14H2,1H3,(H,22,24). The molecule has 0 aliphatic carbocycles. The van der Waals surface area contributed by atoms with Crippen LogP contribution < -0.4 is 5.32 Å². The van der Waals surface area contributed by atoms with Gasteiger partial charge in [0.1, 0.15) is 0 Å². The molecule has 0 fully saturated rings. The Kier molecular flexibility index (Phi) is 5.06. The van der Waals surface area contributed by atoms with Gasteiger partial charge in [-0.3, -0.25) is 4.79 Å². The highest BCUT2D eigenvalue weighted by Gasteiger charge is 2.06. The summed E-state index contributed by atoms with van der Waals surface area (Å²) >= 11 is 0. The van der Waals surface area contributed by atoms with E-state index in [0.717, 1.165) is 23.2 Å². The Bertz CT molecular complexity index is 792. The second kappa shape index (κ2) is 7.59. The molecule has 0 saturated heterocycles. The number of nitrogens with one attached hydrogen (secondary N) is 1. The summed E-state index contributed by atoms with van der Waals surface area (Å²) in [6.07, 6.45) is 6.07. The quantitative estimate of drug-likeness (QED) is 0.754. The van der Waals surface area contributed by atoms with Crippen molar-refractivity contribution in [1.29, 1.82) is 0 Å². The fourth-order valence-corrected chi connectivity index (χ4v) is 2.66. The van der Waals surface area contributed by atoms with Crippen molar-refractivity contribution >= 4 is 5.91 Å². The third-order valence-electron chi connectivity index (χ3n) is 4.00. The van der Waals surface area contributed by atoms with Gasteiger partial charge in [-0.25, -0.2) is 4.98 Å². The molecular formula is C20H21N3O. The van der Waals surface area contributed by atoms with Crippen molar-refractivity contribution in [3.63, 3.8) is 0 Å². The van der Waals surface area contributed by atoms with Gasteiger partial charge in [-0.15, -0.1) is 0 Å². The number of carbonyl (C=O) groups is 1. The number of rotatable bonds is 6. The van der Waals surface area contributed by atoms with Gasteiger partial charge in [0.15, 0.2) is 0 Å². The maximum atomic E-state index is 11.5. The number of nitrogens with zero attached hydrogens (tertiary/aromatic N) is 2. The first-order valence-electron chi connectivity index (χ1n) is 8.16. The van der Waals surface area contributed by atoms with Crippen molar-refractivity contribution < 1.29 is 4.79 Å². The predicted octanol–water partition coefficient (Wildman–Crippen LogP) is 3.62. The average Bonchev–Trinajstić information content (AvgIpc) is 3.13. The lowest BCUT2D eigenvalue weighted by atomic mass is 9.98. The first-order chi connectivity index (χ1) is 11.8. The van der Waals surface area contributed by atoms with Crippen molar-refractivity contribution in [2.75, 3.05) is 0 Å². The minimum absolute atomic E-state index is 0.0699. The van der Waals surface area contributed by atoms with Gasteiger partial charge in [0, 0.05) is 31.9 Å². The Hall–Kier alpha value is -2.88. The first kappa shape index (κ1) is 16.0. The van der Waals surface area contributed by atoms with E-state index in [9.17, 15) is 4.79 Å². The Balaban J connectivity index is 1.77. The highest BCUT2D eigenvalue weighted by atomic mass is 16.1. The monoisotopic (exact) mass is 319 g/mol. The van der Waals surface area contributed by atoms with Gasteiger partial charge in [-0.1, -0.05) is 55.5 Å². The number of carbonyl (C=O) groups excluding carboxylic acids is 1. The molecule has 122 valence electrons. The largest absolute Gasteiger partial charge is 0.352 e. The maximum Gasteiger partial charge on any atom is 0.219 e. The van der Waals surface area contributed by atoms with Crippen LogP contribution in [0, 0.1) is 0 Å². The fourth-order valence-electron chi connectivity index (χ4n) is 2.66. The van der Waals surface area contributed by atoms with E-state index in [1.807, 2.05) is 36.1 Å². The van der Waals surface area contributed by atoms with Crippen LogP contribution in [-0.2, 0) is 17.9 Å². The molecular weight excluding hydrogens is 298 g/mol. The van der Waals surface area contributed by atoms with Crippen LogP contribution in [-0.4, -0.2) is 15.5 Å². The van der Waals surface area contributed by atoms with E-state index in [4.69, 9.17) is 0 Å². The van der Waals surface area contributed by atoms with Crippen LogP contribution in [0.15, 0.2) is 67.3 Å². The van der Waals surface area contributed by atoms with E-state index in [2.05, 4.69) is 46.7 Å². The molecule has 0 spiro atoms. The molecule has 4 nitrogen and oxygen atoms in total. The van der Waals surface area contributed by atoms with E-state index < -0.39 is 0 Å². The first-order valence-corrected chi connectivity index (χ1v) is 8.16. The van der Waals surface area contributed by atoms with Crippen molar-refractivity contribution in [2.45, 2.75) is 26.4 Å². The second-order valence-corrected chi connectivity index (χ2v) is 5.72. The van der Waals surface area contributed by atoms with Crippen LogP contribution >= 0.6 is 0 Å². The minimum Gasteiger partial charge on any atom is -0.352 e. The lowest BCUT2D eigenvalue weighted by molar-refractivity contribution is -0.120. The van der Waals surface area contributed by atoms with Gasteiger partial charge in [-0.2, -0.15) is 0 Å². The zero-order valence-electron chi connectivity index (χ0n) is 13.8. The van der Waals surface area contributed by atoms with Crippen LogP contribution in [0.3, 0.4) is 0 Å². The molecule has 1 heterocycles. The topological polar surface area (TPSA) is 46.9 Å². The maximum absolute atomic E-state index is 11.5. The summed E-state index contributed by atoms with van der Waals surface area (Å²) in [7, 11) is 0. The summed E-state index contributed by atoms with van der Waals surface area (Å²) in [5.41, 5.74) is 4.67. The van der Waals surface area contributed by atoms with Crippen LogP contribution in [0.5, 0.6) is 0 Å². The predicted molar refractivity (Wildman–Crippen MR) is 95.3 cm³/mol. The van der Waals surface area contributed by atoms with Crippen LogP contribution in [0.2, 0.25) is 0 Å². The fraction of sp³-hybridized carbons (Fsp3) is 0.200. The summed E-state index contributed by atoms with van der Waals surface area (Å²) in [6, 6.07) is 16.7. The Morgan fingerprint density at radius 2 is 1.92 bits per heavy atom. The molecule has 0 saturated carbocycles. The molecule has 1 aromatic heterocycles. The molecule has 4 heteroatoms. The van der Waals surface area contributed by atoms with Crippen molar-refractivity contribution in [3.8, 4) is 11.1 Å². The smallest absolute Gasteiger partial charge is 0.219 e. The summed E-state index contributed by atoms with van der Waals surface area (Å²) in [6.45, 7) is 3.23. The zero-order valence-corrected chi connectivity index (χ0v) is 13.8. The normalized spacial score (nSPS) is 10.5. The second-order valence-electron chi connectivity index (χ2n) is 5.72. The molecule has 1 N–H and O–H groups in total. The number of hydrogen-bond donors (Lipinski definition) is 1. The Morgan fingerprint density at radius 3 is 2.62 bits per heavy atom. The molecule has 1 amide bonds. The summed E-state index contributed by atoms with van der Waals surface area (Å²) in [4.78, 5) is 15.6. The Labute approximate surface area is 142 Å². The molecule has 0 aliphatic heterocycles. The number of hydrogen-bond acceptors (Lipinski definition) is 2. The van der Waals surface area contributed by atoms with E-state index in [-0.39, 0.29) is 5.91 Å². The van der Waals surface area contributed by atoms with Gasteiger partial charge >= 0.3 is 0 Å². The van der Waals surface area contributed by atoms with Gasteiger partial charge in [0.2, 0.25) is 5.91 Å². The molecule has 0 aliphatic rings. The lowest BCUT2D eigenvalue weighted by Crippen LogP contribution is -2.21. The molecule has 0 unspecified atom stereocenters. The van der Waals surface area contributed by atoms with E-state index >= 15 is 0 Å². The molecule has 24 heavy (non-hydrogen) atoms. The van der Waals surface area contributed by atoms with Gasteiger partial charge in [0.05, 0.1) is 6.33 Å². The molecule has 0 radical (unpaired) electrons. The number of benzene rings is 2. The highest BCUT2D eigenvalue weighted by Crippen LogP contribution is 2.24. The highest BCUT2D eigenvalue weighted by molar-refractivity contribution is 5.76. The summed E-state index contributed by atoms with van der Waals surface area (Å²) < 4.78 is 2.04. The molecule has 3 aromatic rings. The third kappa shape index (κ3) is 3.90.